The third-order valence-corrected chi connectivity index (χ3v) is 2.21. The number of Topliss-reactive ketones (excluding diaryl/α,β-unsaturated/α-hetero) is 1. The van der Waals surface area contributed by atoms with Crippen LogP contribution in [0.25, 0.3) is 0 Å². The highest BCUT2D eigenvalue weighted by atomic mass is 35.5. The Morgan fingerprint density at radius 3 is 2.62 bits per heavy atom. The molecular weight excluding hydrogens is 186 g/mol. The molecule has 0 atom stereocenters. The van der Waals surface area contributed by atoms with Crippen LogP contribution in [0.5, 0.6) is 0 Å². The van der Waals surface area contributed by atoms with Crippen molar-refractivity contribution in [2.45, 2.75) is 20.3 Å². The minimum absolute atomic E-state index is 0.0466. The Morgan fingerprint density at radius 1 is 1.54 bits per heavy atom. The van der Waals surface area contributed by atoms with Gasteiger partial charge in [-0.1, -0.05) is 18.5 Å². The number of nitrogen functional groups attached to an aromatic ring is 1. The summed E-state index contributed by atoms with van der Waals surface area (Å²) in [4.78, 5) is 11.1. The maximum atomic E-state index is 11.1. The van der Waals surface area contributed by atoms with Gasteiger partial charge in [0.15, 0.2) is 5.78 Å². The molecule has 0 saturated carbocycles. The molecule has 13 heavy (non-hydrogen) atoms. The van der Waals surface area contributed by atoms with Crippen LogP contribution in [0.4, 0.5) is 5.69 Å². The average Bonchev–Trinajstić information content (AvgIpc) is 2.08. The van der Waals surface area contributed by atoms with Crippen molar-refractivity contribution >= 4 is 23.1 Å². The number of aryl methyl sites for hydroxylation is 1. The number of carbonyl (C=O) groups excluding carboxylic acids is 1. The van der Waals surface area contributed by atoms with E-state index in [4.69, 9.17) is 17.3 Å². The summed E-state index contributed by atoms with van der Waals surface area (Å²) in [5.74, 6) is -0.0466. The Balaban J connectivity index is 3.35. The van der Waals surface area contributed by atoms with Crippen molar-refractivity contribution in [2.75, 3.05) is 5.73 Å². The lowest BCUT2D eigenvalue weighted by Crippen LogP contribution is -2.03. The third kappa shape index (κ3) is 2.01. The molecule has 70 valence electrons. The zero-order valence-electron chi connectivity index (χ0n) is 7.73. The zero-order chi connectivity index (χ0) is 10.0. The van der Waals surface area contributed by atoms with E-state index in [2.05, 4.69) is 0 Å². The number of halogens is 1. The molecule has 2 nitrogen and oxygen atoms in total. The standard InChI is InChI=1S/C10H12ClNO/c1-3-7-4-8(11)5-9(6(2)13)10(7)12/h4-5H,3,12H2,1-2H3. The van der Waals surface area contributed by atoms with Crippen LogP contribution < -0.4 is 5.73 Å². The van der Waals surface area contributed by atoms with Gasteiger partial charge in [0.1, 0.15) is 0 Å². The molecule has 3 heteroatoms. The molecule has 0 amide bonds. The fourth-order valence-electron chi connectivity index (χ4n) is 1.26. The SMILES string of the molecule is CCc1cc(Cl)cc(C(C)=O)c1N. The van der Waals surface area contributed by atoms with E-state index in [-0.39, 0.29) is 5.78 Å². The number of benzene rings is 1. The number of ketones is 1. The van der Waals surface area contributed by atoms with Gasteiger partial charge in [-0.15, -0.1) is 0 Å². The van der Waals surface area contributed by atoms with Gasteiger partial charge >= 0.3 is 0 Å². The Labute approximate surface area is 82.7 Å². The Kier molecular flexibility index (Phi) is 2.94. The summed E-state index contributed by atoms with van der Waals surface area (Å²) in [5, 5.41) is 0.566. The molecule has 0 aliphatic carbocycles. The van der Waals surface area contributed by atoms with Gasteiger partial charge in [0.2, 0.25) is 0 Å². The summed E-state index contributed by atoms with van der Waals surface area (Å²) in [6.07, 6.45) is 0.784. The van der Waals surface area contributed by atoms with E-state index in [0.717, 1.165) is 12.0 Å². The van der Waals surface area contributed by atoms with Crippen LogP contribution in [0.15, 0.2) is 12.1 Å². The number of rotatable bonds is 2. The predicted molar refractivity (Wildman–Crippen MR) is 55.2 cm³/mol. The second-order valence-electron chi connectivity index (χ2n) is 2.94. The molecular formula is C10H12ClNO. The van der Waals surface area contributed by atoms with Crippen LogP contribution in [0.2, 0.25) is 5.02 Å². The van der Waals surface area contributed by atoms with Gasteiger partial charge in [-0.05, 0) is 31.0 Å². The second kappa shape index (κ2) is 3.79. The van der Waals surface area contributed by atoms with Gasteiger partial charge in [-0.2, -0.15) is 0 Å². The molecule has 0 radical (unpaired) electrons. The molecule has 0 aromatic heterocycles. The summed E-state index contributed by atoms with van der Waals surface area (Å²) in [7, 11) is 0. The van der Waals surface area contributed by atoms with Crippen molar-refractivity contribution in [3.05, 3.63) is 28.3 Å². The maximum Gasteiger partial charge on any atom is 0.161 e. The Hall–Kier alpha value is -1.02. The number of carbonyl (C=O) groups is 1. The smallest absolute Gasteiger partial charge is 0.161 e. The maximum absolute atomic E-state index is 11.1. The highest BCUT2D eigenvalue weighted by molar-refractivity contribution is 6.31. The lowest BCUT2D eigenvalue weighted by atomic mass is 10.0. The number of hydrogen-bond donors (Lipinski definition) is 1. The molecule has 0 aliphatic heterocycles. The highest BCUT2D eigenvalue weighted by Crippen LogP contribution is 2.24. The average molecular weight is 198 g/mol. The number of anilines is 1. The van der Waals surface area contributed by atoms with E-state index in [0.29, 0.717) is 16.3 Å². The quantitative estimate of drug-likeness (QED) is 0.585. The molecule has 0 aliphatic rings. The number of nitrogens with two attached hydrogens (primary N) is 1. The minimum Gasteiger partial charge on any atom is -0.398 e. The van der Waals surface area contributed by atoms with E-state index in [1.54, 1.807) is 12.1 Å². The van der Waals surface area contributed by atoms with Crippen molar-refractivity contribution < 1.29 is 4.79 Å². The normalized spacial score (nSPS) is 10.1. The summed E-state index contributed by atoms with van der Waals surface area (Å²) in [6, 6.07) is 3.40. The summed E-state index contributed by atoms with van der Waals surface area (Å²) in [5.41, 5.74) is 7.79. The van der Waals surface area contributed by atoms with Gasteiger partial charge in [-0.25, -0.2) is 0 Å². The monoisotopic (exact) mass is 197 g/mol. The molecule has 0 fully saturated rings. The third-order valence-electron chi connectivity index (χ3n) is 1.99. The van der Waals surface area contributed by atoms with Gasteiger partial charge in [0.05, 0.1) is 0 Å². The molecule has 0 spiro atoms. The Morgan fingerprint density at radius 2 is 2.15 bits per heavy atom. The van der Waals surface area contributed by atoms with Gasteiger partial charge < -0.3 is 5.73 Å². The fourth-order valence-corrected chi connectivity index (χ4v) is 1.50. The van der Waals surface area contributed by atoms with E-state index >= 15 is 0 Å². The first-order valence-corrected chi connectivity index (χ1v) is 4.53. The first-order valence-electron chi connectivity index (χ1n) is 4.15. The first kappa shape index (κ1) is 10.1. The minimum atomic E-state index is -0.0466. The van der Waals surface area contributed by atoms with Crippen molar-refractivity contribution in [1.29, 1.82) is 0 Å². The second-order valence-corrected chi connectivity index (χ2v) is 3.37. The van der Waals surface area contributed by atoms with Gasteiger partial charge in [0, 0.05) is 16.3 Å². The largest absolute Gasteiger partial charge is 0.398 e. The van der Waals surface area contributed by atoms with E-state index in [1.165, 1.54) is 6.92 Å². The zero-order valence-corrected chi connectivity index (χ0v) is 8.48. The van der Waals surface area contributed by atoms with Crippen LogP contribution in [0, 0.1) is 0 Å². The molecule has 0 unspecified atom stereocenters. The molecule has 0 saturated heterocycles. The predicted octanol–water partition coefficient (Wildman–Crippen LogP) is 2.69. The number of hydrogen-bond acceptors (Lipinski definition) is 2. The van der Waals surface area contributed by atoms with Crippen LogP contribution in [0.1, 0.15) is 29.8 Å². The molecule has 0 bridgehead atoms. The lowest BCUT2D eigenvalue weighted by molar-refractivity contribution is 0.101. The highest BCUT2D eigenvalue weighted by Gasteiger charge is 2.09. The van der Waals surface area contributed by atoms with Crippen LogP contribution in [-0.4, -0.2) is 5.78 Å². The van der Waals surface area contributed by atoms with Gasteiger partial charge in [-0.3, -0.25) is 4.79 Å². The van der Waals surface area contributed by atoms with Crippen LogP contribution >= 0.6 is 11.6 Å². The lowest BCUT2D eigenvalue weighted by Gasteiger charge is -2.07. The molecule has 1 aromatic rings. The first-order chi connectivity index (χ1) is 6.06. The van der Waals surface area contributed by atoms with Crippen molar-refractivity contribution in [3.63, 3.8) is 0 Å². The van der Waals surface area contributed by atoms with Crippen molar-refractivity contribution in [1.82, 2.24) is 0 Å². The van der Waals surface area contributed by atoms with Crippen LogP contribution in [0.3, 0.4) is 0 Å². The Bertz CT molecular complexity index is 347. The van der Waals surface area contributed by atoms with Gasteiger partial charge in [0.25, 0.3) is 0 Å². The molecule has 1 rings (SSSR count). The molecule has 2 N–H and O–H groups in total. The summed E-state index contributed by atoms with van der Waals surface area (Å²) >= 11 is 5.84. The van der Waals surface area contributed by atoms with Crippen molar-refractivity contribution in [3.8, 4) is 0 Å². The topological polar surface area (TPSA) is 43.1 Å². The fraction of sp³-hybridized carbons (Fsp3) is 0.300. The molecule has 0 heterocycles. The summed E-state index contributed by atoms with van der Waals surface area (Å²) < 4.78 is 0. The molecule has 1 aromatic carbocycles. The summed E-state index contributed by atoms with van der Waals surface area (Å²) in [6.45, 7) is 3.47. The van der Waals surface area contributed by atoms with E-state index in [9.17, 15) is 4.79 Å². The van der Waals surface area contributed by atoms with E-state index < -0.39 is 0 Å². The van der Waals surface area contributed by atoms with E-state index in [1.807, 2.05) is 6.92 Å². The van der Waals surface area contributed by atoms with Crippen LogP contribution in [-0.2, 0) is 6.42 Å². The van der Waals surface area contributed by atoms with Crippen molar-refractivity contribution in [2.24, 2.45) is 0 Å².